The highest BCUT2D eigenvalue weighted by Gasteiger charge is 2.30. The number of carbonyl (C=O) groups is 1. The Morgan fingerprint density at radius 2 is 1.55 bits per heavy atom. The summed E-state index contributed by atoms with van der Waals surface area (Å²) >= 11 is 0. The average Bonchev–Trinajstić information content (AvgIpc) is 2.77. The van der Waals surface area contributed by atoms with Gasteiger partial charge in [-0.25, -0.2) is 4.98 Å². The lowest BCUT2D eigenvalue weighted by Crippen LogP contribution is -2.10. The van der Waals surface area contributed by atoms with Crippen LogP contribution in [0.1, 0.15) is 17.5 Å². The van der Waals surface area contributed by atoms with E-state index in [0.717, 1.165) is 17.7 Å². The molecule has 0 aliphatic carbocycles. The molecule has 31 heavy (non-hydrogen) atoms. The summed E-state index contributed by atoms with van der Waals surface area (Å²) in [6, 6.07) is 23.3. The first-order valence-corrected chi connectivity index (χ1v) is 9.72. The Labute approximate surface area is 177 Å². The van der Waals surface area contributed by atoms with Gasteiger partial charge in [0.05, 0.1) is 23.2 Å². The minimum absolute atomic E-state index is 0.0263. The number of hydrogen-bond acceptors (Lipinski definition) is 3. The molecule has 0 spiro atoms. The number of carbonyl (C=O) groups excluding carboxylic acids is 1. The van der Waals surface area contributed by atoms with Gasteiger partial charge in [-0.05, 0) is 48.4 Å². The molecule has 0 bridgehead atoms. The van der Waals surface area contributed by atoms with E-state index in [1.165, 1.54) is 6.07 Å². The molecule has 1 heterocycles. The van der Waals surface area contributed by atoms with Gasteiger partial charge in [-0.15, -0.1) is 0 Å². The van der Waals surface area contributed by atoms with Crippen LogP contribution in [-0.4, -0.2) is 11.0 Å². The van der Waals surface area contributed by atoms with E-state index in [-0.39, 0.29) is 12.8 Å². The number of aryl methyl sites for hydroxylation is 1. The molecule has 0 amide bonds. The Kier molecular flexibility index (Phi) is 5.71. The quantitative estimate of drug-likeness (QED) is 0.274. The number of benzene rings is 3. The van der Waals surface area contributed by atoms with E-state index in [2.05, 4.69) is 4.98 Å². The van der Waals surface area contributed by atoms with Crippen molar-refractivity contribution in [3.63, 3.8) is 0 Å². The number of alkyl halides is 3. The fourth-order valence-corrected chi connectivity index (χ4v) is 3.34. The molecule has 3 aromatic carbocycles. The van der Waals surface area contributed by atoms with Crippen LogP contribution in [0.2, 0.25) is 0 Å². The first-order chi connectivity index (χ1) is 14.9. The van der Waals surface area contributed by atoms with Gasteiger partial charge in [0.15, 0.2) is 0 Å². The van der Waals surface area contributed by atoms with Gasteiger partial charge in [0, 0.05) is 10.9 Å². The number of fused-ring (bicyclic) bond motifs is 1. The number of hydrogen-bond donors (Lipinski definition) is 0. The predicted molar refractivity (Wildman–Crippen MR) is 113 cm³/mol. The fraction of sp³-hybridized carbons (Fsp3) is 0.120. The van der Waals surface area contributed by atoms with Crippen molar-refractivity contribution in [3.05, 3.63) is 96.1 Å². The van der Waals surface area contributed by atoms with E-state index in [1.807, 2.05) is 36.4 Å². The highest BCUT2D eigenvalue weighted by molar-refractivity contribution is 5.86. The van der Waals surface area contributed by atoms with Gasteiger partial charge in [-0.1, -0.05) is 48.5 Å². The predicted octanol–water partition coefficient (Wildman–Crippen LogP) is 6.46. The summed E-state index contributed by atoms with van der Waals surface area (Å²) < 4.78 is 45.1. The Morgan fingerprint density at radius 3 is 2.23 bits per heavy atom. The summed E-state index contributed by atoms with van der Waals surface area (Å²) in [5, 5.41) is 0.377. The van der Waals surface area contributed by atoms with Crippen molar-refractivity contribution in [1.82, 2.24) is 4.98 Å². The number of pyridine rings is 1. The number of rotatable bonds is 5. The van der Waals surface area contributed by atoms with Gasteiger partial charge in [0.2, 0.25) is 0 Å². The maximum absolute atomic E-state index is 13.3. The number of para-hydroxylation sites is 1. The SMILES string of the molecule is O=C(CCc1cc(-c2ccccc2)nc2ccc(C(F)(F)F)cc12)Oc1ccccc1. The minimum Gasteiger partial charge on any atom is -0.427 e. The molecule has 0 aliphatic rings. The molecule has 4 rings (SSSR count). The molecule has 0 atom stereocenters. The first kappa shape index (κ1) is 20.6. The molecule has 1 aromatic heterocycles. The molecule has 3 nitrogen and oxygen atoms in total. The van der Waals surface area contributed by atoms with E-state index in [0.29, 0.717) is 27.9 Å². The molecule has 4 aromatic rings. The third-order valence-electron chi connectivity index (χ3n) is 4.86. The summed E-state index contributed by atoms with van der Waals surface area (Å²) in [7, 11) is 0. The van der Waals surface area contributed by atoms with Crippen molar-refractivity contribution < 1.29 is 22.7 Å². The highest BCUT2D eigenvalue weighted by Crippen LogP contribution is 2.33. The van der Waals surface area contributed by atoms with E-state index in [9.17, 15) is 18.0 Å². The fourth-order valence-electron chi connectivity index (χ4n) is 3.34. The lowest BCUT2D eigenvalue weighted by molar-refractivity contribution is -0.137. The van der Waals surface area contributed by atoms with Gasteiger partial charge < -0.3 is 4.74 Å². The standard InChI is InChI=1S/C25H18F3NO2/c26-25(27,28)19-12-13-22-21(16-19)18(15-23(29-22)17-7-3-1-4-8-17)11-14-24(30)31-20-9-5-2-6-10-20/h1-10,12-13,15-16H,11,14H2. The molecule has 0 unspecified atom stereocenters. The summed E-state index contributed by atoms with van der Waals surface area (Å²) in [4.78, 5) is 16.8. The van der Waals surface area contributed by atoms with Crippen LogP contribution in [0.5, 0.6) is 5.75 Å². The second-order valence-corrected chi connectivity index (χ2v) is 7.05. The number of ether oxygens (including phenoxy) is 1. The number of aromatic nitrogens is 1. The van der Waals surface area contributed by atoms with Crippen LogP contribution < -0.4 is 4.74 Å². The molecular weight excluding hydrogens is 403 g/mol. The van der Waals surface area contributed by atoms with E-state index in [1.54, 1.807) is 30.3 Å². The van der Waals surface area contributed by atoms with Crippen LogP contribution in [0.4, 0.5) is 13.2 Å². The zero-order chi connectivity index (χ0) is 21.8. The van der Waals surface area contributed by atoms with Gasteiger partial charge in [-0.3, -0.25) is 4.79 Å². The van der Waals surface area contributed by atoms with Crippen LogP contribution in [0, 0.1) is 0 Å². The van der Waals surface area contributed by atoms with E-state index < -0.39 is 17.7 Å². The molecule has 0 fully saturated rings. The summed E-state index contributed by atoms with van der Waals surface area (Å²) in [6.45, 7) is 0. The zero-order valence-corrected chi connectivity index (χ0v) is 16.4. The third kappa shape index (κ3) is 4.91. The minimum atomic E-state index is -4.46. The Hall–Kier alpha value is -3.67. The summed E-state index contributed by atoms with van der Waals surface area (Å²) in [6.07, 6.45) is -4.21. The van der Waals surface area contributed by atoms with Crippen LogP contribution >= 0.6 is 0 Å². The normalized spacial score (nSPS) is 11.5. The maximum atomic E-state index is 13.3. The monoisotopic (exact) mass is 421 g/mol. The van der Waals surface area contributed by atoms with Crippen molar-refractivity contribution in [2.24, 2.45) is 0 Å². The third-order valence-corrected chi connectivity index (χ3v) is 4.86. The Bertz CT molecular complexity index is 1210. The highest BCUT2D eigenvalue weighted by atomic mass is 19.4. The second kappa shape index (κ2) is 8.60. The van der Waals surface area contributed by atoms with Crippen molar-refractivity contribution in [3.8, 4) is 17.0 Å². The van der Waals surface area contributed by atoms with Crippen molar-refractivity contribution in [1.29, 1.82) is 0 Å². The molecule has 0 aliphatic heterocycles. The van der Waals surface area contributed by atoms with Crippen molar-refractivity contribution in [2.45, 2.75) is 19.0 Å². The first-order valence-electron chi connectivity index (χ1n) is 9.72. The van der Waals surface area contributed by atoms with Gasteiger partial charge in [-0.2, -0.15) is 13.2 Å². The Balaban J connectivity index is 1.68. The van der Waals surface area contributed by atoms with Gasteiger partial charge >= 0.3 is 12.1 Å². The van der Waals surface area contributed by atoms with E-state index in [4.69, 9.17) is 4.74 Å². The van der Waals surface area contributed by atoms with Crippen LogP contribution in [-0.2, 0) is 17.4 Å². The molecule has 0 radical (unpaired) electrons. The largest absolute Gasteiger partial charge is 0.427 e. The average molecular weight is 421 g/mol. The summed E-state index contributed by atoms with van der Waals surface area (Å²) in [5.74, 6) is -0.0270. The zero-order valence-electron chi connectivity index (χ0n) is 16.4. The van der Waals surface area contributed by atoms with Crippen molar-refractivity contribution in [2.75, 3.05) is 0 Å². The number of halogens is 3. The maximum Gasteiger partial charge on any atom is 0.416 e. The molecule has 6 heteroatoms. The van der Waals surface area contributed by atoms with Crippen LogP contribution in [0.15, 0.2) is 84.9 Å². The summed E-state index contributed by atoms with van der Waals surface area (Å²) in [5.41, 5.74) is 1.79. The molecule has 0 N–H and O–H groups in total. The van der Waals surface area contributed by atoms with E-state index >= 15 is 0 Å². The number of esters is 1. The molecular formula is C25H18F3NO2. The van der Waals surface area contributed by atoms with Gasteiger partial charge in [0.1, 0.15) is 5.75 Å². The lowest BCUT2D eigenvalue weighted by Gasteiger charge is -2.13. The van der Waals surface area contributed by atoms with Crippen LogP contribution in [0.3, 0.4) is 0 Å². The topological polar surface area (TPSA) is 39.2 Å². The van der Waals surface area contributed by atoms with Gasteiger partial charge in [0.25, 0.3) is 0 Å². The molecule has 156 valence electrons. The number of nitrogens with zero attached hydrogens (tertiary/aromatic N) is 1. The molecule has 0 saturated carbocycles. The van der Waals surface area contributed by atoms with Crippen LogP contribution in [0.25, 0.3) is 22.2 Å². The van der Waals surface area contributed by atoms with Crippen molar-refractivity contribution >= 4 is 16.9 Å². The lowest BCUT2D eigenvalue weighted by atomic mass is 9.99. The smallest absolute Gasteiger partial charge is 0.416 e. The Morgan fingerprint density at radius 1 is 0.871 bits per heavy atom. The second-order valence-electron chi connectivity index (χ2n) is 7.05. The molecule has 0 saturated heterocycles.